The molecule has 0 saturated heterocycles. The average molecular weight is 168 g/mol. The molecular formula is C11H20O. The summed E-state index contributed by atoms with van der Waals surface area (Å²) in [6.45, 7) is 6.57. The predicted octanol–water partition coefficient (Wildman–Crippen LogP) is 3.04. The van der Waals surface area contributed by atoms with Crippen LogP contribution in [0.1, 0.15) is 46.5 Å². The highest BCUT2D eigenvalue weighted by Gasteiger charge is 2.29. The molecule has 1 rings (SSSR count). The van der Waals surface area contributed by atoms with Gasteiger partial charge in [0.25, 0.3) is 0 Å². The third-order valence-electron chi connectivity index (χ3n) is 3.26. The van der Waals surface area contributed by atoms with Crippen LogP contribution in [0.25, 0.3) is 0 Å². The molecule has 0 spiro atoms. The van der Waals surface area contributed by atoms with Crippen LogP contribution in [0.5, 0.6) is 0 Å². The lowest BCUT2D eigenvalue weighted by atomic mass is 9.75. The van der Waals surface area contributed by atoms with Gasteiger partial charge >= 0.3 is 0 Å². The minimum atomic E-state index is 0.381. The molecular weight excluding hydrogens is 148 g/mol. The van der Waals surface area contributed by atoms with E-state index in [0.717, 1.165) is 19.3 Å². The molecule has 0 N–H and O–H groups in total. The molecule has 12 heavy (non-hydrogen) atoms. The van der Waals surface area contributed by atoms with E-state index in [1.807, 2.05) is 0 Å². The number of hydrogen-bond acceptors (Lipinski definition) is 1. The number of ketones is 1. The smallest absolute Gasteiger partial charge is 0.136 e. The van der Waals surface area contributed by atoms with Crippen molar-refractivity contribution in [3.8, 4) is 0 Å². The molecule has 3 unspecified atom stereocenters. The Kier molecular flexibility index (Phi) is 3.30. The van der Waals surface area contributed by atoms with Gasteiger partial charge in [-0.15, -0.1) is 0 Å². The summed E-state index contributed by atoms with van der Waals surface area (Å²) in [4.78, 5) is 11.6. The Bertz CT molecular complexity index is 162. The Labute approximate surface area is 75.5 Å². The summed E-state index contributed by atoms with van der Waals surface area (Å²) in [6.07, 6.45) is 4.36. The van der Waals surface area contributed by atoms with Gasteiger partial charge in [0.1, 0.15) is 5.78 Å². The van der Waals surface area contributed by atoms with Crippen molar-refractivity contribution in [3.63, 3.8) is 0 Å². The largest absolute Gasteiger partial charge is 0.299 e. The average Bonchev–Trinajstić information content (AvgIpc) is 2.03. The number of rotatable bonds is 2. The number of Topliss-reactive ketones (excluding diaryl/α,β-unsaturated/α-hetero) is 1. The zero-order valence-corrected chi connectivity index (χ0v) is 8.47. The van der Waals surface area contributed by atoms with Crippen LogP contribution in [0.15, 0.2) is 0 Å². The molecule has 1 nitrogen and oxygen atoms in total. The first-order valence-corrected chi connectivity index (χ1v) is 5.17. The maximum absolute atomic E-state index is 11.6. The van der Waals surface area contributed by atoms with Crippen molar-refractivity contribution >= 4 is 5.78 Å². The van der Waals surface area contributed by atoms with Crippen LogP contribution >= 0.6 is 0 Å². The highest BCUT2D eigenvalue weighted by molar-refractivity contribution is 5.82. The molecule has 0 aromatic carbocycles. The van der Waals surface area contributed by atoms with Crippen molar-refractivity contribution in [1.82, 2.24) is 0 Å². The van der Waals surface area contributed by atoms with E-state index >= 15 is 0 Å². The molecule has 1 saturated carbocycles. The zero-order valence-electron chi connectivity index (χ0n) is 8.47. The molecule has 0 aromatic rings. The maximum Gasteiger partial charge on any atom is 0.136 e. The van der Waals surface area contributed by atoms with Gasteiger partial charge in [-0.2, -0.15) is 0 Å². The molecule has 1 aliphatic carbocycles. The minimum Gasteiger partial charge on any atom is -0.299 e. The fourth-order valence-corrected chi connectivity index (χ4v) is 2.11. The second-order valence-corrected chi connectivity index (χ2v) is 4.34. The van der Waals surface area contributed by atoms with Crippen molar-refractivity contribution in [2.45, 2.75) is 46.5 Å². The Hall–Kier alpha value is -0.330. The van der Waals surface area contributed by atoms with E-state index < -0.39 is 0 Å². The summed E-state index contributed by atoms with van der Waals surface area (Å²) >= 11 is 0. The molecule has 0 aromatic heterocycles. The van der Waals surface area contributed by atoms with E-state index in [9.17, 15) is 4.79 Å². The van der Waals surface area contributed by atoms with Gasteiger partial charge in [0.15, 0.2) is 0 Å². The molecule has 0 bridgehead atoms. The lowest BCUT2D eigenvalue weighted by Crippen LogP contribution is -2.28. The van der Waals surface area contributed by atoms with E-state index in [-0.39, 0.29) is 0 Å². The molecule has 0 amide bonds. The monoisotopic (exact) mass is 168 g/mol. The topological polar surface area (TPSA) is 17.1 Å². The molecule has 1 fully saturated rings. The second kappa shape index (κ2) is 4.06. The van der Waals surface area contributed by atoms with Crippen molar-refractivity contribution in [1.29, 1.82) is 0 Å². The van der Waals surface area contributed by atoms with E-state index in [4.69, 9.17) is 0 Å². The number of carbonyl (C=O) groups is 1. The molecule has 0 aliphatic heterocycles. The van der Waals surface area contributed by atoms with Gasteiger partial charge in [0, 0.05) is 12.3 Å². The fraction of sp³-hybridized carbons (Fsp3) is 0.909. The van der Waals surface area contributed by atoms with Crippen LogP contribution in [0, 0.1) is 17.8 Å². The predicted molar refractivity (Wildman–Crippen MR) is 51.0 cm³/mol. The molecule has 70 valence electrons. The van der Waals surface area contributed by atoms with Gasteiger partial charge in [-0.25, -0.2) is 0 Å². The first-order chi connectivity index (χ1) is 5.65. The van der Waals surface area contributed by atoms with E-state index in [1.54, 1.807) is 0 Å². The van der Waals surface area contributed by atoms with Crippen LogP contribution in [0.2, 0.25) is 0 Å². The lowest BCUT2D eigenvalue weighted by molar-refractivity contribution is -0.127. The summed E-state index contributed by atoms with van der Waals surface area (Å²) in [5.41, 5.74) is 0. The van der Waals surface area contributed by atoms with Crippen LogP contribution in [-0.4, -0.2) is 5.78 Å². The van der Waals surface area contributed by atoms with Crippen LogP contribution < -0.4 is 0 Å². The van der Waals surface area contributed by atoms with Crippen LogP contribution in [0.3, 0.4) is 0 Å². The highest BCUT2D eigenvalue weighted by Crippen LogP contribution is 2.31. The van der Waals surface area contributed by atoms with E-state index in [2.05, 4.69) is 20.8 Å². The van der Waals surface area contributed by atoms with E-state index in [0.29, 0.717) is 23.5 Å². The van der Waals surface area contributed by atoms with E-state index in [1.165, 1.54) is 6.42 Å². The van der Waals surface area contributed by atoms with Crippen LogP contribution in [-0.2, 0) is 4.79 Å². The Morgan fingerprint density at radius 1 is 1.50 bits per heavy atom. The number of hydrogen-bond donors (Lipinski definition) is 0. The zero-order chi connectivity index (χ0) is 9.14. The SMILES string of the molecule is CCC(C)C1CCC(C)CC1=O. The van der Waals surface area contributed by atoms with Gasteiger partial charge in [0.05, 0.1) is 0 Å². The molecule has 1 aliphatic rings. The first kappa shape index (κ1) is 9.76. The van der Waals surface area contributed by atoms with Gasteiger partial charge in [-0.1, -0.05) is 27.2 Å². The van der Waals surface area contributed by atoms with Crippen LogP contribution in [0.4, 0.5) is 0 Å². The Balaban J connectivity index is 2.50. The summed E-state index contributed by atoms with van der Waals surface area (Å²) in [5, 5.41) is 0. The fourth-order valence-electron chi connectivity index (χ4n) is 2.11. The van der Waals surface area contributed by atoms with Crippen molar-refractivity contribution in [3.05, 3.63) is 0 Å². The second-order valence-electron chi connectivity index (χ2n) is 4.34. The summed E-state index contributed by atoms with van der Waals surface area (Å²) < 4.78 is 0. The quantitative estimate of drug-likeness (QED) is 0.619. The normalized spacial score (nSPS) is 33.4. The van der Waals surface area contributed by atoms with Crippen molar-refractivity contribution in [2.24, 2.45) is 17.8 Å². The number of carbonyl (C=O) groups excluding carboxylic acids is 1. The third-order valence-corrected chi connectivity index (χ3v) is 3.26. The van der Waals surface area contributed by atoms with Crippen molar-refractivity contribution < 1.29 is 4.79 Å². The van der Waals surface area contributed by atoms with Gasteiger partial charge in [-0.05, 0) is 24.7 Å². The van der Waals surface area contributed by atoms with Gasteiger partial charge in [-0.3, -0.25) is 4.79 Å². The summed E-state index contributed by atoms with van der Waals surface area (Å²) in [7, 11) is 0. The third kappa shape index (κ3) is 2.09. The first-order valence-electron chi connectivity index (χ1n) is 5.17. The standard InChI is InChI=1S/C11H20O/c1-4-9(3)10-6-5-8(2)7-11(10)12/h8-10H,4-7H2,1-3H3. The van der Waals surface area contributed by atoms with Gasteiger partial charge < -0.3 is 0 Å². The minimum absolute atomic E-state index is 0.381. The maximum atomic E-state index is 11.6. The summed E-state index contributed by atoms with van der Waals surface area (Å²) in [5.74, 6) is 2.14. The molecule has 1 heteroatoms. The Morgan fingerprint density at radius 2 is 2.17 bits per heavy atom. The summed E-state index contributed by atoms with van der Waals surface area (Å²) in [6, 6.07) is 0. The highest BCUT2D eigenvalue weighted by atomic mass is 16.1. The molecule has 3 atom stereocenters. The van der Waals surface area contributed by atoms with Crippen molar-refractivity contribution in [2.75, 3.05) is 0 Å². The van der Waals surface area contributed by atoms with Gasteiger partial charge in [0.2, 0.25) is 0 Å². The lowest BCUT2D eigenvalue weighted by Gasteiger charge is -2.28. The molecule has 0 heterocycles. The Morgan fingerprint density at radius 3 is 2.67 bits per heavy atom. The molecule has 0 radical (unpaired) electrons.